The molecule has 1 aromatic rings. The molecular weight excluding hydrogens is 228 g/mol. The Balaban J connectivity index is 2.32. The van der Waals surface area contributed by atoms with Gasteiger partial charge in [-0.2, -0.15) is 0 Å². The molecule has 1 rings (SSSR count). The second kappa shape index (κ2) is 8.44. The number of nitrogens with one attached hydrogen (secondary N) is 2. The highest BCUT2D eigenvalue weighted by molar-refractivity contribution is 5.92. The van der Waals surface area contributed by atoms with E-state index in [9.17, 15) is 4.79 Å². The van der Waals surface area contributed by atoms with Gasteiger partial charge in [0, 0.05) is 13.1 Å². The predicted molar refractivity (Wildman–Crippen MR) is 72.7 cm³/mol. The van der Waals surface area contributed by atoms with Crippen LogP contribution in [0.25, 0.3) is 0 Å². The number of hydrogen-bond donors (Lipinski definition) is 2. The zero-order valence-corrected chi connectivity index (χ0v) is 11.2. The van der Waals surface area contributed by atoms with Crippen LogP contribution in [0.5, 0.6) is 0 Å². The van der Waals surface area contributed by atoms with Gasteiger partial charge in [0.05, 0.1) is 0 Å². The van der Waals surface area contributed by atoms with Gasteiger partial charge in [0.1, 0.15) is 5.82 Å². The molecule has 0 fully saturated rings. The minimum absolute atomic E-state index is 0.151. The molecule has 0 aromatic carbocycles. The van der Waals surface area contributed by atoms with E-state index >= 15 is 0 Å². The van der Waals surface area contributed by atoms with Crippen molar-refractivity contribution in [2.45, 2.75) is 39.5 Å². The van der Waals surface area contributed by atoms with Gasteiger partial charge in [-0.05, 0) is 25.5 Å². The molecule has 0 aliphatic rings. The molecule has 0 bridgehead atoms. The Kier molecular flexibility index (Phi) is 6.76. The van der Waals surface area contributed by atoms with Crippen LogP contribution in [0.3, 0.4) is 0 Å². The lowest BCUT2D eigenvalue weighted by Crippen LogP contribution is -2.25. The third kappa shape index (κ3) is 5.12. The Labute approximate surface area is 108 Å². The van der Waals surface area contributed by atoms with Gasteiger partial charge in [0.2, 0.25) is 0 Å². The molecule has 5 heteroatoms. The molecule has 18 heavy (non-hydrogen) atoms. The van der Waals surface area contributed by atoms with E-state index < -0.39 is 0 Å². The summed E-state index contributed by atoms with van der Waals surface area (Å²) in [6.07, 6.45) is 4.59. The Bertz CT molecular complexity index is 351. The summed E-state index contributed by atoms with van der Waals surface area (Å²) in [5, 5.41) is 13.7. The zero-order chi connectivity index (χ0) is 13.2. The first-order valence-electron chi connectivity index (χ1n) is 6.63. The van der Waals surface area contributed by atoms with Gasteiger partial charge in [-0.3, -0.25) is 4.79 Å². The van der Waals surface area contributed by atoms with Crippen LogP contribution in [0.1, 0.15) is 50.0 Å². The standard InChI is InChI=1S/C13H22N4O/c1-3-5-6-7-10-15-13(18)11-8-9-12(14-4-2)17-16-11/h8-9H,3-7,10H2,1-2H3,(H,14,17)(H,15,18). The van der Waals surface area contributed by atoms with Crippen LogP contribution >= 0.6 is 0 Å². The lowest BCUT2D eigenvalue weighted by atomic mass is 10.2. The average Bonchev–Trinajstić information content (AvgIpc) is 2.39. The molecule has 0 unspecified atom stereocenters. The van der Waals surface area contributed by atoms with E-state index in [1.54, 1.807) is 12.1 Å². The van der Waals surface area contributed by atoms with Crippen molar-refractivity contribution in [3.05, 3.63) is 17.8 Å². The lowest BCUT2D eigenvalue weighted by molar-refractivity contribution is 0.0947. The van der Waals surface area contributed by atoms with Gasteiger partial charge in [0.15, 0.2) is 5.69 Å². The molecular formula is C13H22N4O. The fraction of sp³-hybridized carbons (Fsp3) is 0.615. The van der Waals surface area contributed by atoms with Gasteiger partial charge < -0.3 is 10.6 Å². The highest BCUT2D eigenvalue weighted by Gasteiger charge is 2.06. The first kappa shape index (κ1) is 14.4. The first-order valence-corrected chi connectivity index (χ1v) is 6.63. The van der Waals surface area contributed by atoms with E-state index in [2.05, 4.69) is 27.8 Å². The van der Waals surface area contributed by atoms with Crippen molar-refractivity contribution in [2.24, 2.45) is 0 Å². The van der Waals surface area contributed by atoms with Crippen molar-refractivity contribution in [2.75, 3.05) is 18.4 Å². The first-order chi connectivity index (χ1) is 8.77. The number of carbonyl (C=O) groups is 1. The van der Waals surface area contributed by atoms with Crippen LogP contribution < -0.4 is 10.6 Å². The molecule has 0 radical (unpaired) electrons. The summed E-state index contributed by atoms with van der Waals surface area (Å²) in [7, 11) is 0. The van der Waals surface area contributed by atoms with E-state index in [-0.39, 0.29) is 5.91 Å². The maximum Gasteiger partial charge on any atom is 0.271 e. The van der Waals surface area contributed by atoms with Crippen LogP contribution in [0.2, 0.25) is 0 Å². The molecule has 1 amide bonds. The number of unbranched alkanes of at least 4 members (excludes halogenated alkanes) is 3. The highest BCUT2D eigenvalue weighted by atomic mass is 16.1. The van der Waals surface area contributed by atoms with Crippen molar-refractivity contribution >= 4 is 11.7 Å². The molecule has 0 atom stereocenters. The molecule has 2 N–H and O–H groups in total. The lowest BCUT2D eigenvalue weighted by Gasteiger charge is -2.05. The zero-order valence-electron chi connectivity index (χ0n) is 11.2. The number of amides is 1. The van der Waals surface area contributed by atoms with Gasteiger partial charge in [-0.15, -0.1) is 10.2 Å². The molecule has 0 aliphatic heterocycles. The smallest absolute Gasteiger partial charge is 0.271 e. The fourth-order valence-corrected chi connectivity index (χ4v) is 1.57. The maximum absolute atomic E-state index is 11.7. The quantitative estimate of drug-likeness (QED) is 0.694. The molecule has 0 aliphatic carbocycles. The second-order valence-corrected chi connectivity index (χ2v) is 4.15. The molecule has 1 aromatic heterocycles. The number of carbonyl (C=O) groups excluding carboxylic acids is 1. The molecule has 5 nitrogen and oxygen atoms in total. The van der Waals surface area contributed by atoms with E-state index in [1.165, 1.54) is 12.8 Å². The van der Waals surface area contributed by atoms with Crippen molar-refractivity contribution < 1.29 is 4.79 Å². The van der Waals surface area contributed by atoms with Crippen molar-refractivity contribution in [1.29, 1.82) is 0 Å². The van der Waals surface area contributed by atoms with Gasteiger partial charge in [0.25, 0.3) is 5.91 Å². The van der Waals surface area contributed by atoms with Crippen molar-refractivity contribution in [1.82, 2.24) is 15.5 Å². The largest absolute Gasteiger partial charge is 0.369 e. The van der Waals surface area contributed by atoms with Crippen LogP contribution in [-0.4, -0.2) is 29.2 Å². The normalized spacial score (nSPS) is 10.1. The summed E-state index contributed by atoms with van der Waals surface area (Å²) >= 11 is 0. The van der Waals surface area contributed by atoms with Crippen molar-refractivity contribution in [3.8, 4) is 0 Å². The van der Waals surface area contributed by atoms with Gasteiger partial charge in [-0.1, -0.05) is 26.2 Å². The van der Waals surface area contributed by atoms with Crippen LogP contribution in [-0.2, 0) is 0 Å². The fourth-order valence-electron chi connectivity index (χ4n) is 1.57. The molecule has 0 spiro atoms. The summed E-state index contributed by atoms with van der Waals surface area (Å²) in [5.74, 6) is 0.541. The number of aromatic nitrogens is 2. The van der Waals surface area contributed by atoms with Crippen LogP contribution in [0.15, 0.2) is 12.1 Å². The second-order valence-electron chi connectivity index (χ2n) is 4.15. The van der Waals surface area contributed by atoms with E-state index in [0.29, 0.717) is 18.1 Å². The molecule has 1 heterocycles. The topological polar surface area (TPSA) is 66.9 Å². The molecule has 0 saturated carbocycles. The summed E-state index contributed by atoms with van der Waals surface area (Å²) in [6, 6.07) is 3.45. The summed E-state index contributed by atoms with van der Waals surface area (Å²) < 4.78 is 0. The van der Waals surface area contributed by atoms with Crippen molar-refractivity contribution in [3.63, 3.8) is 0 Å². The monoisotopic (exact) mass is 250 g/mol. The van der Waals surface area contributed by atoms with Gasteiger partial charge in [-0.25, -0.2) is 0 Å². The minimum atomic E-state index is -0.151. The minimum Gasteiger partial charge on any atom is -0.369 e. The SMILES string of the molecule is CCCCCCNC(=O)c1ccc(NCC)nn1. The average molecular weight is 250 g/mol. The maximum atomic E-state index is 11.7. The highest BCUT2D eigenvalue weighted by Crippen LogP contribution is 2.02. The predicted octanol–water partition coefficient (Wildman–Crippen LogP) is 2.22. The Morgan fingerprint density at radius 3 is 2.61 bits per heavy atom. The molecule has 100 valence electrons. The summed E-state index contributed by atoms with van der Waals surface area (Å²) in [6.45, 7) is 5.64. The number of anilines is 1. The summed E-state index contributed by atoms with van der Waals surface area (Å²) in [4.78, 5) is 11.7. The Morgan fingerprint density at radius 1 is 1.17 bits per heavy atom. The van der Waals surface area contributed by atoms with E-state index in [0.717, 1.165) is 19.4 Å². The number of nitrogens with zero attached hydrogens (tertiary/aromatic N) is 2. The third-order valence-electron chi connectivity index (χ3n) is 2.57. The van der Waals surface area contributed by atoms with Crippen LogP contribution in [0.4, 0.5) is 5.82 Å². The Morgan fingerprint density at radius 2 is 2.00 bits per heavy atom. The number of rotatable bonds is 8. The number of hydrogen-bond acceptors (Lipinski definition) is 4. The summed E-state index contributed by atoms with van der Waals surface area (Å²) in [5.41, 5.74) is 0.368. The Hall–Kier alpha value is -1.65. The third-order valence-corrected chi connectivity index (χ3v) is 2.57. The van der Waals surface area contributed by atoms with Gasteiger partial charge >= 0.3 is 0 Å². The molecule has 0 saturated heterocycles. The van der Waals surface area contributed by atoms with Crippen LogP contribution in [0, 0.1) is 0 Å². The van der Waals surface area contributed by atoms with E-state index in [1.807, 2.05) is 6.92 Å². The van der Waals surface area contributed by atoms with E-state index in [4.69, 9.17) is 0 Å².